The maximum Gasteiger partial charge on any atom is 0.0175 e. The second-order valence-corrected chi connectivity index (χ2v) is 7.00. The lowest BCUT2D eigenvalue weighted by Gasteiger charge is -2.03. The molecule has 0 fully saturated rings. The number of aryl methyl sites for hydroxylation is 2. The summed E-state index contributed by atoms with van der Waals surface area (Å²) in [6.45, 7) is 0. The van der Waals surface area contributed by atoms with E-state index in [0.29, 0.717) is 0 Å². The maximum absolute atomic E-state index is 3.47. The van der Waals surface area contributed by atoms with Gasteiger partial charge in [0.2, 0.25) is 0 Å². The van der Waals surface area contributed by atoms with Gasteiger partial charge in [-0.15, -0.1) is 0 Å². The van der Waals surface area contributed by atoms with Crippen molar-refractivity contribution in [3.8, 4) is 0 Å². The van der Waals surface area contributed by atoms with Crippen LogP contribution in [-0.4, -0.2) is 0 Å². The molecule has 0 saturated carbocycles. The summed E-state index contributed by atoms with van der Waals surface area (Å²) in [5, 5.41) is 0. The van der Waals surface area contributed by atoms with Gasteiger partial charge in [0.25, 0.3) is 0 Å². The van der Waals surface area contributed by atoms with Gasteiger partial charge >= 0.3 is 0 Å². The minimum absolute atomic E-state index is 1.16. The monoisotopic (exact) mass is 394 g/mol. The van der Waals surface area contributed by atoms with E-state index >= 15 is 0 Å². The molecule has 0 bridgehead atoms. The van der Waals surface area contributed by atoms with Gasteiger partial charge in [0.1, 0.15) is 0 Å². The van der Waals surface area contributed by atoms with Crippen LogP contribution in [0.25, 0.3) is 0 Å². The molecule has 2 heteroatoms. The standard InChI is InChI=1S/C18H20Br2/c19-17-11-7-15(8-12-17)5-3-1-2-4-6-16-9-13-18(20)14-10-16/h7-14H,1-6H2. The number of rotatable bonds is 7. The number of unbranched alkanes of at least 4 members (excludes halogenated alkanes) is 3. The summed E-state index contributed by atoms with van der Waals surface area (Å²) in [4.78, 5) is 0. The van der Waals surface area contributed by atoms with Crippen LogP contribution in [0.15, 0.2) is 57.5 Å². The first-order chi connectivity index (χ1) is 9.74. The van der Waals surface area contributed by atoms with Gasteiger partial charge in [-0.1, -0.05) is 69.0 Å². The Morgan fingerprint density at radius 3 is 1.20 bits per heavy atom. The van der Waals surface area contributed by atoms with E-state index in [-0.39, 0.29) is 0 Å². The Kier molecular flexibility index (Phi) is 6.81. The third-order valence-corrected chi connectivity index (χ3v) is 4.56. The first-order valence-corrected chi connectivity index (χ1v) is 8.81. The van der Waals surface area contributed by atoms with Gasteiger partial charge in [0.15, 0.2) is 0 Å². The molecule has 0 aliphatic heterocycles. The fourth-order valence-corrected chi connectivity index (χ4v) is 2.84. The van der Waals surface area contributed by atoms with Gasteiger partial charge in [0.05, 0.1) is 0 Å². The lowest BCUT2D eigenvalue weighted by atomic mass is 10.0. The fraction of sp³-hybridized carbons (Fsp3) is 0.333. The highest BCUT2D eigenvalue weighted by Gasteiger charge is 1.96. The summed E-state index contributed by atoms with van der Waals surface area (Å²) in [7, 11) is 0. The van der Waals surface area contributed by atoms with Gasteiger partial charge in [-0.3, -0.25) is 0 Å². The van der Waals surface area contributed by atoms with Crippen LogP contribution in [0.1, 0.15) is 36.8 Å². The van der Waals surface area contributed by atoms with Crippen molar-refractivity contribution in [2.45, 2.75) is 38.5 Å². The molecule has 0 radical (unpaired) electrons. The topological polar surface area (TPSA) is 0 Å². The van der Waals surface area contributed by atoms with Gasteiger partial charge in [-0.2, -0.15) is 0 Å². The smallest absolute Gasteiger partial charge is 0.0175 e. The Hall–Kier alpha value is -0.600. The highest BCUT2D eigenvalue weighted by molar-refractivity contribution is 9.10. The molecule has 0 spiro atoms. The lowest BCUT2D eigenvalue weighted by molar-refractivity contribution is 0.640. The van der Waals surface area contributed by atoms with Gasteiger partial charge in [-0.05, 0) is 61.1 Å². The first kappa shape index (κ1) is 15.8. The van der Waals surface area contributed by atoms with E-state index in [1.165, 1.54) is 49.7 Å². The minimum Gasteiger partial charge on any atom is -0.0579 e. The quantitative estimate of drug-likeness (QED) is 0.465. The normalized spacial score (nSPS) is 10.7. The SMILES string of the molecule is Brc1ccc(CCCCCCc2ccc(Br)cc2)cc1. The molecule has 0 unspecified atom stereocenters. The number of hydrogen-bond acceptors (Lipinski definition) is 0. The average molecular weight is 396 g/mol. The molecule has 0 amide bonds. The van der Waals surface area contributed by atoms with Crippen LogP contribution < -0.4 is 0 Å². The maximum atomic E-state index is 3.47. The largest absolute Gasteiger partial charge is 0.0579 e. The van der Waals surface area contributed by atoms with E-state index in [0.717, 1.165) is 8.95 Å². The van der Waals surface area contributed by atoms with Crippen LogP contribution in [0.2, 0.25) is 0 Å². The van der Waals surface area contributed by atoms with E-state index in [1.54, 1.807) is 0 Å². The third kappa shape index (κ3) is 5.80. The van der Waals surface area contributed by atoms with Crippen LogP contribution in [0, 0.1) is 0 Å². The molecular formula is C18H20Br2. The highest BCUT2D eigenvalue weighted by atomic mass is 79.9. The predicted octanol–water partition coefficient (Wildman–Crippen LogP) is 6.56. The zero-order valence-electron chi connectivity index (χ0n) is 11.6. The summed E-state index contributed by atoms with van der Waals surface area (Å²) in [5.41, 5.74) is 2.89. The number of hydrogen-bond donors (Lipinski definition) is 0. The van der Waals surface area contributed by atoms with Crippen LogP contribution in [0.3, 0.4) is 0 Å². The Morgan fingerprint density at radius 2 is 0.850 bits per heavy atom. The predicted molar refractivity (Wildman–Crippen MR) is 94.2 cm³/mol. The molecule has 0 nitrogen and oxygen atoms in total. The zero-order valence-corrected chi connectivity index (χ0v) is 14.8. The molecule has 106 valence electrons. The summed E-state index contributed by atoms with van der Waals surface area (Å²) in [5.74, 6) is 0. The average Bonchev–Trinajstić information content (AvgIpc) is 2.46. The summed E-state index contributed by atoms with van der Waals surface area (Å²) in [6.07, 6.45) is 7.64. The van der Waals surface area contributed by atoms with E-state index in [2.05, 4.69) is 80.4 Å². The van der Waals surface area contributed by atoms with E-state index in [9.17, 15) is 0 Å². The summed E-state index contributed by atoms with van der Waals surface area (Å²) >= 11 is 6.94. The molecule has 0 atom stereocenters. The molecular weight excluding hydrogens is 376 g/mol. The summed E-state index contributed by atoms with van der Waals surface area (Å²) in [6, 6.07) is 17.4. The molecule has 0 N–H and O–H groups in total. The van der Waals surface area contributed by atoms with Crippen molar-refractivity contribution in [3.05, 3.63) is 68.6 Å². The Balaban J connectivity index is 1.57. The molecule has 0 heterocycles. The summed E-state index contributed by atoms with van der Waals surface area (Å²) < 4.78 is 2.33. The van der Waals surface area contributed by atoms with Crippen molar-refractivity contribution >= 4 is 31.9 Å². The van der Waals surface area contributed by atoms with E-state index in [4.69, 9.17) is 0 Å². The van der Waals surface area contributed by atoms with Crippen LogP contribution in [0.5, 0.6) is 0 Å². The van der Waals surface area contributed by atoms with E-state index in [1.807, 2.05) is 0 Å². The van der Waals surface area contributed by atoms with Gasteiger partial charge in [-0.25, -0.2) is 0 Å². The molecule has 2 rings (SSSR count). The highest BCUT2D eigenvalue weighted by Crippen LogP contribution is 2.15. The lowest BCUT2D eigenvalue weighted by Crippen LogP contribution is -1.88. The number of benzene rings is 2. The van der Waals surface area contributed by atoms with Crippen molar-refractivity contribution in [1.29, 1.82) is 0 Å². The Labute approximate surface area is 138 Å². The van der Waals surface area contributed by atoms with Gasteiger partial charge < -0.3 is 0 Å². The third-order valence-electron chi connectivity index (χ3n) is 3.51. The minimum atomic E-state index is 1.16. The molecule has 2 aromatic carbocycles. The molecule has 2 aromatic rings. The second kappa shape index (κ2) is 8.63. The van der Waals surface area contributed by atoms with Crippen molar-refractivity contribution in [3.63, 3.8) is 0 Å². The van der Waals surface area contributed by atoms with Crippen molar-refractivity contribution in [2.75, 3.05) is 0 Å². The van der Waals surface area contributed by atoms with Crippen LogP contribution >= 0.6 is 31.9 Å². The molecule has 0 saturated heterocycles. The Bertz CT molecular complexity index is 450. The van der Waals surface area contributed by atoms with Crippen molar-refractivity contribution < 1.29 is 0 Å². The zero-order chi connectivity index (χ0) is 14.2. The molecule has 20 heavy (non-hydrogen) atoms. The van der Waals surface area contributed by atoms with Gasteiger partial charge in [0, 0.05) is 8.95 Å². The molecule has 0 aliphatic carbocycles. The van der Waals surface area contributed by atoms with Crippen molar-refractivity contribution in [2.24, 2.45) is 0 Å². The van der Waals surface area contributed by atoms with Crippen molar-refractivity contribution in [1.82, 2.24) is 0 Å². The second-order valence-electron chi connectivity index (χ2n) is 5.17. The molecule has 0 aromatic heterocycles. The first-order valence-electron chi connectivity index (χ1n) is 7.23. The number of halogens is 2. The van der Waals surface area contributed by atoms with Crippen LogP contribution in [-0.2, 0) is 12.8 Å². The molecule has 0 aliphatic rings. The Morgan fingerprint density at radius 1 is 0.500 bits per heavy atom. The van der Waals surface area contributed by atoms with E-state index < -0.39 is 0 Å². The fourth-order valence-electron chi connectivity index (χ4n) is 2.31. The van der Waals surface area contributed by atoms with Crippen LogP contribution in [0.4, 0.5) is 0 Å².